The number of carbonyl (C=O) groups excluding carboxylic acids is 3. The van der Waals surface area contributed by atoms with Gasteiger partial charge in [-0.15, -0.1) is 0 Å². The van der Waals surface area contributed by atoms with Crippen LogP contribution in [0.2, 0.25) is 0 Å². The standard InChI is InChI=1S/C24H24N6O5/c1-35-15-6-7-16(20(31)10-15)21(32)13-2-4-14(5-3-13)22(33)28-18-11-26-12-19(18)29-23(34)17-8-9-27-24(25)30-17/h2-10,18-19,26,31H,11-12H2,1H3,(H,28,33)(H,29,34)(H2,25,27,30)/t18?,19-/m1/s1. The van der Waals surface area contributed by atoms with E-state index in [9.17, 15) is 19.5 Å². The molecule has 1 fully saturated rings. The molecule has 0 saturated carbocycles. The zero-order valence-corrected chi connectivity index (χ0v) is 18.8. The van der Waals surface area contributed by atoms with Gasteiger partial charge in [-0.1, -0.05) is 12.1 Å². The highest BCUT2D eigenvalue weighted by atomic mass is 16.5. The number of anilines is 1. The van der Waals surface area contributed by atoms with Crippen molar-refractivity contribution in [2.75, 3.05) is 25.9 Å². The number of amides is 2. The lowest BCUT2D eigenvalue weighted by atomic mass is 10.0. The van der Waals surface area contributed by atoms with Gasteiger partial charge in [0, 0.05) is 36.5 Å². The Hall–Kier alpha value is -4.51. The molecule has 1 unspecified atom stereocenters. The minimum absolute atomic E-state index is 0.00354. The van der Waals surface area contributed by atoms with Crippen LogP contribution in [-0.2, 0) is 0 Å². The number of benzene rings is 2. The third-order valence-corrected chi connectivity index (χ3v) is 5.61. The first-order valence-electron chi connectivity index (χ1n) is 10.8. The Morgan fingerprint density at radius 2 is 1.66 bits per heavy atom. The molecule has 180 valence electrons. The summed E-state index contributed by atoms with van der Waals surface area (Å²) >= 11 is 0. The molecule has 0 radical (unpaired) electrons. The van der Waals surface area contributed by atoms with Crippen LogP contribution in [0.3, 0.4) is 0 Å². The van der Waals surface area contributed by atoms with Gasteiger partial charge < -0.3 is 31.5 Å². The number of nitrogens with one attached hydrogen (secondary N) is 3. The van der Waals surface area contributed by atoms with Crippen LogP contribution in [0.4, 0.5) is 5.95 Å². The average Bonchev–Trinajstić information content (AvgIpc) is 3.29. The summed E-state index contributed by atoms with van der Waals surface area (Å²) in [5.41, 5.74) is 6.47. The molecule has 0 bridgehead atoms. The summed E-state index contributed by atoms with van der Waals surface area (Å²) in [4.78, 5) is 45.7. The SMILES string of the molecule is COc1ccc(C(=O)c2ccc(C(=O)NC3CNC[C@H]3NC(=O)c3ccnc(N)n3)cc2)c(O)c1. The third-order valence-electron chi connectivity index (χ3n) is 5.61. The number of nitrogens with zero attached hydrogens (tertiary/aromatic N) is 2. The van der Waals surface area contributed by atoms with E-state index in [1.807, 2.05) is 0 Å². The Bertz CT molecular complexity index is 1260. The average molecular weight is 476 g/mol. The van der Waals surface area contributed by atoms with Gasteiger partial charge in [-0.25, -0.2) is 9.97 Å². The molecule has 2 amide bonds. The molecule has 3 aromatic rings. The van der Waals surface area contributed by atoms with Gasteiger partial charge in [0.15, 0.2) is 5.78 Å². The van der Waals surface area contributed by atoms with Crippen LogP contribution in [-0.4, -0.2) is 65.0 Å². The summed E-state index contributed by atoms with van der Waals surface area (Å²) in [5, 5.41) is 19.0. The molecule has 1 aliphatic rings. The highest BCUT2D eigenvalue weighted by Gasteiger charge is 2.30. The number of carbonyl (C=O) groups is 3. The highest BCUT2D eigenvalue weighted by Crippen LogP contribution is 2.25. The van der Waals surface area contributed by atoms with Crippen molar-refractivity contribution in [1.29, 1.82) is 0 Å². The topological polar surface area (TPSA) is 169 Å². The van der Waals surface area contributed by atoms with E-state index in [2.05, 4.69) is 25.9 Å². The maximum absolute atomic E-state index is 12.8. The van der Waals surface area contributed by atoms with Gasteiger partial charge >= 0.3 is 0 Å². The number of ketones is 1. The number of hydrogen-bond donors (Lipinski definition) is 5. The number of methoxy groups -OCH3 is 1. The van der Waals surface area contributed by atoms with E-state index in [-0.39, 0.29) is 46.7 Å². The second-order valence-corrected chi connectivity index (χ2v) is 7.91. The molecule has 35 heavy (non-hydrogen) atoms. The van der Waals surface area contributed by atoms with Gasteiger partial charge in [-0.3, -0.25) is 14.4 Å². The zero-order chi connectivity index (χ0) is 24.9. The quantitative estimate of drug-likeness (QED) is 0.305. The molecule has 11 heteroatoms. The third kappa shape index (κ3) is 5.36. The molecule has 2 aromatic carbocycles. The molecule has 0 aliphatic carbocycles. The van der Waals surface area contributed by atoms with Gasteiger partial charge in [-0.2, -0.15) is 0 Å². The van der Waals surface area contributed by atoms with E-state index >= 15 is 0 Å². The first-order chi connectivity index (χ1) is 16.9. The van der Waals surface area contributed by atoms with Crippen molar-refractivity contribution < 1.29 is 24.2 Å². The Morgan fingerprint density at radius 1 is 1.00 bits per heavy atom. The molecule has 2 heterocycles. The van der Waals surface area contributed by atoms with Crippen molar-refractivity contribution in [2.45, 2.75) is 12.1 Å². The fourth-order valence-corrected chi connectivity index (χ4v) is 3.74. The van der Waals surface area contributed by atoms with Crippen LogP contribution < -0.4 is 26.4 Å². The van der Waals surface area contributed by atoms with Crippen molar-refractivity contribution in [1.82, 2.24) is 25.9 Å². The second kappa shape index (κ2) is 10.2. The lowest BCUT2D eigenvalue weighted by Crippen LogP contribution is -2.51. The summed E-state index contributed by atoms with van der Waals surface area (Å²) < 4.78 is 5.03. The number of nitrogens with two attached hydrogens (primary N) is 1. The molecular formula is C24H24N6O5. The fourth-order valence-electron chi connectivity index (χ4n) is 3.74. The summed E-state index contributed by atoms with van der Waals surface area (Å²) in [6.07, 6.45) is 1.40. The highest BCUT2D eigenvalue weighted by molar-refractivity contribution is 6.11. The summed E-state index contributed by atoms with van der Waals surface area (Å²) in [7, 11) is 1.46. The number of hydrogen-bond acceptors (Lipinski definition) is 9. The Kier molecular flexibility index (Phi) is 6.88. The van der Waals surface area contributed by atoms with E-state index in [1.54, 1.807) is 6.07 Å². The first-order valence-corrected chi connectivity index (χ1v) is 10.8. The van der Waals surface area contributed by atoms with Crippen LogP contribution in [0.15, 0.2) is 54.7 Å². The van der Waals surface area contributed by atoms with E-state index in [4.69, 9.17) is 10.5 Å². The molecule has 6 N–H and O–H groups in total. The minimum atomic E-state index is -0.420. The maximum Gasteiger partial charge on any atom is 0.270 e. The summed E-state index contributed by atoms with van der Waals surface area (Å²) in [5.74, 6) is -0.917. The van der Waals surface area contributed by atoms with Gasteiger partial charge in [0.2, 0.25) is 5.95 Å². The first kappa shape index (κ1) is 23.6. The number of rotatable bonds is 7. The lowest BCUT2D eigenvalue weighted by molar-refractivity contribution is 0.0894. The zero-order valence-electron chi connectivity index (χ0n) is 18.8. The van der Waals surface area contributed by atoms with Gasteiger partial charge in [0.25, 0.3) is 11.8 Å². The number of aromatic nitrogens is 2. The Labute approximate surface area is 200 Å². The predicted octanol–water partition coefficient (Wildman–Crippen LogP) is 0.504. The normalized spacial score (nSPS) is 16.9. The monoisotopic (exact) mass is 476 g/mol. The van der Waals surface area contributed by atoms with Crippen LogP contribution in [0.1, 0.15) is 36.8 Å². The molecule has 2 atom stereocenters. The second-order valence-electron chi connectivity index (χ2n) is 7.91. The molecule has 0 spiro atoms. The van der Waals surface area contributed by atoms with Crippen molar-refractivity contribution in [3.8, 4) is 11.5 Å². The number of nitrogen functional groups attached to an aromatic ring is 1. The molecular weight excluding hydrogens is 452 g/mol. The maximum atomic E-state index is 12.8. The van der Waals surface area contributed by atoms with E-state index in [1.165, 1.54) is 55.8 Å². The van der Waals surface area contributed by atoms with Crippen molar-refractivity contribution in [3.05, 3.63) is 77.1 Å². The Morgan fingerprint density at radius 3 is 2.29 bits per heavy atom. The lowest BCUT2D eigenvalue weighted by Gasteiger charge is -2.21. The van der Waals surface area contributed by atoms with Crippen molar-refractivity contribution in [3.63, 3.8) is 0 Å². The van der Waals surface area contributed by atoms with E-state index < -0.39 is 5.91 Å². The fraction of sp³-hybridized carbons (Fsp3) is 0.208. The molecule has 1 aromatic heterocycles. The smallest absolute Gasteiger partial charge is 0.270 e. The number of ether oxygens (including phenoxy) is 1. The van der Waals surface area contributed by atoms with Crippen LogP contribution in [0, 0.1) is 0 Å². The van der Waals surface area contributed by atoms with Gasteiger partial charge in [-0.05, 0) is 30.3 Å². The minimum Gasteiger partial charge on any atom is -0.507 e. The predicted molar refractivity (Wildman–Crippen MR) is 126 cm³/mol. The van der Waals surface area contributed by atoms with Crippen molar-refractivity contribution in [2.24, 2.45) is 0 Å². The van der Waals surface area contributed by atoms with Crippen molar-refractivity contribution >= 4 is 23.5 Å². The molecule has 11 nitrogen and oxygen atoms in total. The van der Waals surface area contributed by atoms with E-state index in [0.717, 1.165) is 0 Å². The van der Waals surface area contributed by atoms with Gasteiger partial charge in [0.1, 0.15) is 17.2 Å². The molecule has 4 rings (SSSR count). The summed E-state index contributed by atoms with van der Waals surface area (Å²) in [6.45, 7) is 0.936. The largest absolute Gasteiger partial charge is 0.507 e. The molecule has 1 aliphatic heterocycles. The number of phenolic OH excluding ortho intramolecular Hbond substituents is 1. The van der Waals surface area contributed by atoms with Crippen LogP contribution >= 0.6 is 0 Å². The van der Waals surface area contributed by atoms with Crippen LogP contribution in [0.5, 0.6) is 11.5 Å². The van der Waals surface area contributed by atoms with E-state index in [0.29, 0.717) is 30.0 Å². The van der Waals surface area contributed by atoms with Gasteiger partial charge in [0.05, 0.1) is 24.8 Å². The molecule has 1 saturated heterocycles. The summed E-state index contributed by atoms with van der Waals surface area (Å²) in [6, 6.07) is 11.3. The number of phenols is 1. The van der Waals surface area contributed by atoms with Crippen LogP contribution in [0.25, 0.3) is 0 Å². The Balaban J connectivity index is 1.39. The number of aromatic hydroxyl groups is 1.